The first kappa shape index (κ1) is 35.1. The highest BCUT2D eigenvalue weighted by Gasteiger charge is 2.50. The number of benzene rings is 8. The number of fused-ring (bicyclic) bond motifs is 14. The van der Waals surface area contributed by atoms with Crippen molar-refractivity contribution in [3.8, 4) is 11.1 Å². The topological polar surface area (TPSA) is 25.5 Å². The molecule has 0 amide bonds. The summed E-state index contributed by atoms with van der Waals surface area (Å²) in [5.74, 6) is 0. The summed E-state index contributed by atoms with van der Waals surface area (Å²) in [7, 11) is 0. The fraction of sp³-hybridized carbons (Fsp3) is 0.0877. The second kappa shape index (κ2) is 13.6. The van der Waals surface area contributed by atoms with Crippen LogP contribution >= 0.6 is 11.8 Å². The maximum atomic E-state index is 6.24. The van der Waals surface area contributed by atoms with Crippen molar-refractivity contribution in [1.82, 2.24) is 0 Å². The number of nitrogens with zero attached hydrogens (tertiary/aromatic N) is 1. The highest BCUT2D eigenvalue weighted by Crippen LogP contribution is 2.63. The van der Waals surface area contributed by atoms with Crippen LogP contribution in [0.25, 0.3) is 55.1 Å². The van der Waals surface area contributed by atoms with Crippen LogP contribution in [0.15, 0.2) is 212 Å². The van der Waals surface area contributed by atoms with Crippen LogP contribution in [0, 0.1) is 0 Å². The van der Waals surface area contributed by atoms with E-state index in [-0.39, 0.29) is 0 Å². The molecule has 284 valence electrons. The molecule has 0 saturated carbocycles. The lowest BCUT2D eigenvalue weighted by atomic mass is 9.67. The lowest BCUT2D eigenvalue weighted by Gasteiger charge is -2.40. The predicted octanol–water partition coefficient (Wildman–Crippen LogP) is 15.2. The Morgan fingerprint density at radius 2 is 1.23 bits per heavy atom. The molecule has 0 bridgehead atoms. The van der Waals surface area contributed by atoms with Gasteiger partial charge in [-0.05, 0) is 124 Å². The lowest BCUT2D eigenvalue weighted by Crippen LogP contribution is -2.32. The molecule has 2 aliphatic heterocycles. The molecule has 0 N–H and O–H groups in total. The molecule has 0 saturated heterocycles. The van der Waals surface area contributed by atoms with Crippen molar-refractivity contribution in [3.05, 3.63) is 232 Å². The Labute approximate surface area is 354 Å². The standard InChI is InChI=1S/C57H39NOS/c1-35-24-30-49(38-15-4-3-5-16-38)58-50(39-27-31-52-44(33-39)42-18-9-12-22-51(42)59-52)32-36(2)55(35)40-26-28-47-54(34-40)60-53-23-13-11-21-46(53)57(47)45-20-10-8-19-43(45)56-41-17-7-6-14-37(41)25-29-48(56)57/h3-23,25-29,31,33-34H,24,30H2,1-2H3/b55-35+,58-49+. The highest BCUT2D eigenvalue weighted by atomic mass is 32.2. The van der Waals surface area contributed by atoms with Crippen molar-refractivity contribution in [2.75, 3.05) is 0 Å². The van der Waals surface area contributed by atoms with E-state index < -0.39 is 5.41 Å². The summed E-state index contributed by atoms with van der Waals surface area (Å²) in [5, 5.41) is 4.77. The van der Waals surface area contributed by atoms with E-state index in [0.717, 1.165) is 62.9 Å². The molecule has 2 nitrogen and oxygen atoms in total. The third-order valence-corrected chi connectivity index (χ3v) is 14.1. The number of hydrogen-bond acceptors (Lipinski definition) is 3. The quantitative estimate of drug-likeness (QED) is 0.167. The zero-order chi connectivity index (χ0) is 40.0. The lowest BCUT2D eigenvalue weighted by molar-refractivity contribution is 0.669. The molecule has 0 radical (unpaired) electrons. The van der Waals surface area contributed by atoms with Gasteiger partial charge in [0.05, 0.1) is 5.41 Å². The van der Waals surface area contributed by atoms with Gasteiger partial charge in [-0.3, -0.25) is 0 Å². The minimum Gasteiger partial charge on any atom is -0.456 e. The second-order valence-electron chi connectivity index (χ2n) is 16.3. The number of allylic oxidation sites excluding steroid dienone is 3. The van der Waals surface area contributed by atoms with Gasteiger partial charge in [-0.1, -0.05) is 163 Å². The second-order valence-corrected chi connectivity index (χ2v) is 17.4. The van der Waals surface area contributed by atoms with Crippen LogP contribution in [0.3, 0.4) is 0 Å². The number of rotatable bonds is 3. The largest absolute Gasteiger partial charge is 0.456 e. The summed E-state index contributed by atoms with van der Waals surface area (Å²) in [6, 6.07) is 64.4. The normalized spacial score (nSPS) is 19.1. The van der Waals surface area contributed by atoms with E-state index in [1.165, 1.54) is 70.7 Å². The summed E-state index contributed by atoms with van der Waals surface area (Å²) < 4.78 is 6.24. The Bertz CT molecular complexity index is 3410. The third kappa shape index (κ3) is 5.20. The molecule has 1 aliphatic carbocycles. The summed E-state index contributed by atoms with van der Waals surface area (Å²) >= 11 is 1.90. The minimum absolute atomic E-state index is 0.445. The van der Waals surface area contributed by atoms with Gasteiger partial charge in [0, 0.05) is 37.4 Å². The predicted molar refractivity (Wildman–Crippen MR) is 250 cm³/mol. The average molecular weight is 786 g/mol. The van der Waals surface area contributed by atoms with E-state index in [1.807, 2.05) is 23.9 Å². The monoisotopic (exact) mass is 785 g/mol. The maximum absolute atomic E-state index is 6.24. The maximum Gasteiger partial charge on any atom is 0.135 e. The molecule has 8 aromatic carbocycles. The molecule has 1 atom stereocenters. The zero-order valence-electron chi connectivity index (χ0n) is 33.4. The van der Waals surface area contributed by atoms with Gasteiger partial charge < -0.3 is 4.42 Å². The van der Waals surface area contributed by atoms with Crippen LogP contribution < -0.4 is 0 Å². The molecule has 3 aliphatic rings. The van der Waals surface area contributed by atoms with Crippen LogP contribution in [-0.2, 0) is 5.41 Å². The van der Waals surface area contributed by atoms with Gasteiger partial charge in [0.2, 0.25) is 0 Å². The minimum atomic E-state index is -0.445. The van der Waals surface area contributed by atoms with E-state index >= 15 is 0 Å². The molecule has 1 aromatic heterocycles. The number of hydrogen-bond donors (Lipinski definition) is 0. The molecule has 60 heavy (non-hydrogen) atoms. The van der Waals surface area contributed by atoms with Crippen LogP contribution in [-0.4, -0.2) is 5.71 Å². The molecule has 9 aromatic rings. The van der Waals surface area contributed by atoms with Crippen LogP contribution in [0.5, 0.6) is 0 Å². The van der Waals surface area contributed by atoms with Gasteiger partial charge in [0.1, 0.15) is 16.9 Å². The Kier molecular flexibility index (Phi) is 7.94. The fourth-order valence-electron chi connectivity index (χ4n) is 10.4. The molecular weight excluding hydrogens is 747 g/mol. The van der Waals surface area contributed by atoms with E-state index in [4.69, 9.17) is 9.41 Å². The van der Waals surface area contributed by atoms with Crippen molar-refractivity contribution in [1.29, 1.82) is 0 Å². The summed E-state index contributed by atoms with van der Waals surface area (Å²) in [5.41, 5.74) is 22.2. The number of aliphatic imine (C=N–C) groups is 1. The van der Waals surface area contributed by atoms with Gasteiger partial charge in [-0.15, -0.1) is 0 Å². The average Bonchev–Trinajstić information content (AvgIpc) is 3.83. The molecule has 0 fully saturated rings. The van der Waals surface area contributed by atoms with Crippen LogP contribution in [0.1, 0.15) is 65.6 Å². The van der Waals surface area contributed by atoms with Gasteiger partial charge >= 0.3 is 0 Å². The first-order valence-corrected chi connectivity index (χ1v) is 21.6. The van der Waals surface area contributed by atoms with Gasteiger partial charge in [0.15, 0.2) is 0 Å². The Balaban J connectivity index is 1.07. The van der Waals surface area contributed by atoms with Crippen molar-refractivity contribution < 1.29 is 4.42 Å². The highest BCUT2D eigenvalue weighted by molar-refractivity contribution is 7.99. The number of para-hydroxylation sites is 1. The summed E-state index contributed by atoms with van der Waals surface area (Å²) in [6.07, 6.45) is 1.69. The molecule has 3 heterocycles. The molecule has 12 rings (SSSR count). The summed E-state index contributed by atoms with van der Waals surface area (Å²) in [4.78, 5) is 8.06. The van der Waals surface area contributed by atoms with Crippen molar-refractivity contribution in [3.63, 3.8) is 0 Å². The van der Waals surface area contributed by atoms with E-state index in [9.17, 15) is 0 Å². The van der Waals surface area contributed by atoms with E-state index in [0.29, 0.717) is 0 Å². The molecular formula is C57H39NOS. The first-order chi connectivity index (χ1) is 29.6. The Hall–Kier alpha value is -6.90. The van der Waals surface area contributed by atoms with Crippen LogP contribution in [0.2, 0.25) is 0 Å². The van der Waals surface area contributed by atoms with Gasteiger partial charge in [-0.25, -0.2) is 4.99 Å². The van der Waals surface area contributed by atoms with Gasteiger partial charge in [-0.2, -0.15) is 0 Å². The smallest absolute Gasteiger partial charge is 0.135 e. The number of furan rings is 1. The van der Waals surface area contributed by atoms with Crippen molar-refractivity contribution >= 4 is 61.5 Å². The van der Waals surface area contributed by atoms with E-state index in [1.54, 1.807) is 0 Å². The van der Waals surface area contributed by atoms with Crippen LogP contribution in [0.4, 0.5) is 0 Å². The van der Waals surface area contributed by atoms with Crippen molar-refractivity contribution in [2.45, 2.75) is 41.9 Å². The zero-order valence-corrected chi connectivity index (χ0v) is 34.2. The van der Waals surface area contributed by atoms with E-state index in [2.05, 4.69) is 183 Å². The molecule has 1 spiro atoms. The summed E-state index contributed by atoms with van der Waals surface area (Å²) in [6.45, 7) is 4.52. The van der Waals surface area contributed by atoms with Gasteiger partial charge in [0.25, 0.3) is 0 Å². The molecule has 1 unspecified atom stereocenters. The SMILES string of the molecule is CC1=C=C(c2ccc3oc4ccccc4c3c2)/N=C(/c2ccccc2)CC/C(C)=C\1c1ccc2c(c1)Sc1ccccc1C21c2ccccc2-c2c1ccc1ccccc21. The Morgan fingerprint density at radius 1 is 0.533 bits per heavy atom. The fourth-order valence-corrected chi connectivity index (χ4v) is 11.6. The van der Waals surface area contributed by atoms with Crippen molar-refractivity contribution in [2.24, 2.45) is 4.99 Å². The third-order valence-electron chi connectivity index (χ3n) is 13.0. The molecule has 3 heteroatoms. The first-order valence-electron chi connectivity index (χ1n) is 20.8. The Morgan fingerprint density at radius 3 is 2.13 bits per heavy atom.